The zero-order valence-corrected chi connectivity index (χ0v) is 14.0. The Bertz CT molecular complexity index is 420. The monoisotopic (exact) mass is 310 g/mol. The van der Waals surface area contributed by atoms with Crippen LogP contribution in [0.2, 0.25) is 0 Å². The summed E-state index contributed by atoms with van der Waals surface area (Å²) in [5.74, 6) is -0.477. The summed E-state index contributed by atoms with van der Waals surface area (Å²) < 4.78 is 5.55. The summed E-state index contributed by atoms with van der Waals surface area (Å²) in [7, 11) is 0. The quantitative estimate of drug-likeness (QED) is 0.856. The fourth-order valence-corrected chi connectivity index (χ4v) is 4.67. The van der Waals surface area contributed by atoms with E-state index in [0.717, 1.165) is 13.1 Å². The maximum Gasteiger partial charge on any atom is 0.311 e. The van der Waals surface area contributed by atoms with Crippen molar-refractivity contribution in [1.82, 2.24) is 9.80 Å². The summed E-state index contributed by atoms with van der Waals surface area (Å²) in [6.07, 6.45) is 4.59. The molecule has 0 aliphatic carbocycles. The largest absolute Gasteiger partial charge is 0.481 e. The summed E-state index contributed by atoms with van der Waals surface area (Å²) >= 11 is 0. The Morgan fingerprint density at radius 3 is 2.68 bits per heavy atom. The van der Waals surface area contributed by atoms with Gasteiger partial charge in [0, 0.05) is 37.7 Å². The smallest absolute Gasteiger partial charge is 0.311 e. The number of carboxylic acids is 1. The van der Waals surface area contributed by atoms with Gasteiger partial charge in [0.25, 0.3) is 0 Å². The summed E-state index contributed by atoms with van der Waals surface area (Å²) in [5, 5.41) is 9.77. The normalized spacial score (nSPS) is 34.5. The number of carboxylic acid groups (broad SMARTS) is 1. The number of hydrogen-bond acceptors (Lipinski definition) is 4. The molecule has 0 radical (unpaired) electrons. The minimum atomic E-state index is -0.626. The average Bonchev–Trinajstić information content (AvgIpc) is 2.86. The molecule has 5 heteroatoms. The molecular formula is C17H30N2O3. The first-order valence-electron chi connectivity index (χ1n) is 8.73. The van der Waals surface area contributed by atoms with Crippen molar-refractivity contribution >= 4 is 5.97 Å². The maximum absolute atomic E-state index is 11.9. The third kappa shape index (κ3) is 2.91. The van der Waals surface area contributed by atoms with Gasteiger partial charge in [-0.15, -0.1) is 0 Å². The number of fused-ring (bicyclic) bond motifs is 1. The molecule has 3 heterocycles. The van der Waals surface area contributed by atoms with Gasteiger partial charge in [-0.2, -0.15) is 0 Å². The molecule has 0 bridgehead atoms. The highest BCUT2D eigenvalue weighted by Gasteiger charge is 2.54. The van der Waals surface area contributed by atoms with Gasteiger partial charge < -0.3 is 9.84 Å². The number of piperidine rings is 1. The van der Waals surface area contributed by atoms with Crippen LogP contribution in [0, 0.1) is 11.3 Å². The molecule has 0 aromatic heterocycles. The van der Waals surface area contributed by atoms with Gasteiger partial charge >= 0.3 is 5.97 Å². The summed E-state index contributed by atoms with van der Waals surface area (Å²) in [6.45, 7) is 10.7. The van der Waals surface area contributed by atoms with Crippen LogP contribution in [-0.2, 0) is 9.53 Å². The Balaban J connectivity index is 1.67. The highest BCUT2D eigenvalue weighted by atomic mass is 16.5. The van der Waals surface area contributed by atoms with Crippen LogP contribution in [0.4, 0.5) is 0 Å². The molecule has 1 N–H and O–H groups in total. The molecule has 3 rings (SSSR count). The van der Waals surface area contributed by atoms with Gasteiger partial charge in [0.15, 0.2) is 0 Å². The lowest BCUT2D eigenvalue weighted by Gasteiger charge is -2.43. The molecule has 3 aliphatic rings. The van der Waals surface area contributed by atoms with E-state index in [2.05, 4.69) is 23.6 Å². The van der Waals surface area contributed by atoms with Crippen molar-refractivity contribution in [2.24, 2.45) is 11.3 Å². The molecule has 0 aromatic carbocycles. The molecule has 22 heavy (non-hydrogen) atoms. The number of aliphatic carboxylic acids is 1. The van der Waals surface area contributed by atoms with Gasteiger partial charge in [-0.05, 0) is 46.2 Å². The molecular weight excluding hydrogens is 280 g/mol. The lowest BCUT2D eigenvalue weighted by atomic mass is 9.74. The number of likely N-dealkylation sites (tertiary alicyclic amines) is 2. The molecule has 0 saturated carbocycles. The van der Waals surface area contributed by atoms with Gasteiger partial charge in [-0.3, -0.25) is 14.6 Å². The standard InChI is InChI=1S/C17H30N2O3/c1-16(2,19-7-4-3-5-8-19)12-18-10-14-11-22-9-6-17(14,13-18)15(20)21/h14H,3-13H2,1-2H3,(H,20,21)/t14-,17+/m1/s1. The predicted molar refractivity (Wildman–Crippen MR) is 84.9 cm³/mol. The second-order valence-corrected chi connectivity index (χ2v) is 8.01. The van der Waals surface area contributed by atoms with Gasteiger partial charge in [0.05, 0.1) is 12.0 Å². The first-order valence-corrected chi connectivity index (χ1v) is 8.73. The van der Waals surface area contributed by atoms with E-state index in [0.29, 0.717) is 26.2 Å². The van der Waals surface area contributed by atoms with E-state index in [-0.39, 0.29) is 11.5 Å². The number of rotatable bonds is 4. The molecule has 0 unspecified atom stereocenters. The second kappa shape index (κ2) is 6.10. The zero-order chi connectivity index (χ0) is 15.8. The zero-order valence-electron chi connectivity index (χ0n) is 14.0. The molecule has 5 nitrogen and oxygen atoms in total. The number of carbonyl (C=O) groups is 1. The van der Waals surface area contributed by atoms with Crippen LogP contribution in [0.3, 0.4) is 0 Å². The number of nitrogens with zero attached hydrogens (tertiary/aromatic N) is 2. The summed E-state index contributed by atoms with van der Waals surface area (Å²) in [4.78, 5) is 16.8. The Hall–Kier alpha value is -0.650. The topological polar surface area (TPSA) is 53.0 Å². The summed E-state index contributed by atoms with van der Waals surface area (Å²) in [6, 6.07) is 0. The van der Waals surface area contributed by atoms with Crippen LogP contribution in [0.1, 0.15) is 39.5 Å². The molecule has 3 aliphatic heterocycles. The highest BCUT2D eigenvalue weighted by molar-refractivity contribution is 5.76. The third-order valence-electron chi connectivity index (χ3n) is 6.03. The maximum atomic E-state index is 11.9. The minimum absolute atomic E-state index is 0.120. The molecule has 3 fully saturated rings. The van der Waals surface area contributed by atoms with Crippen LogP contribution in [0.15, 0.2) is 0 Å². The van der Waals surface area contributed by atoms with Crippen molar-refractivity contribution in [3.63, 3.8) is 0 Å². The van der Waals surface area contributed by atoms with E-state index in [9.17, 15) is 9.90 Å². The predicted octanol–water partition coefficient (Wildman–Crippen LogP) is 1.67. The van der Waals surface area contributed by atoms with Crippen molar-refractivity contribution in [1.29, 1.82) is 0 Å². The molecule has 3 saturated heterocycles. The van der Waals surface area contributed by atoms with Crippen LogP contribution in [0.25, 0.3) is 0 Å². The van der Waals surface area contributed by atoms with Crippen LogP contribution in [-0.4, -0.2) is 72.4 Å². The van der Waals surface area contributed by atoms with E-state index in [1.54, 1.807) is 0 Å². The molecule has 0 amide bonds. The minimum Gasteiger partial charge on any atom is -0.481 e. The fourth-order valence-electron chi connectivity index (χ4n) is 4.67. The lowest BCUT2D eigenvalue weighted by Crippen LogP contribution is -2.53. The first kappa shape index (κ1) is 16.2. The third-order valence-corrected chi connectivity index (χ3v) is 6.03. The van der Waals surface area contributed by atoms with E-state index in [4.69, 9.17) is 4.74 Å². The highest BCUT2D eigenvalue weighted by Crippen LogP contribution is 2.43. The van der Waals surface area contributed by atoms with Crippen molar-refractivity contribution in [2.45, 2.75) is 45.1 Å². The molecule has 0 aromatic rings. The SMILES string of the molecule is CC(C)(CN1C[C@@H]2COCC[C@]2(C(=O)O)C1)N1CCCCC1. The molecule has 126 valence electrons. The number of ether oxygens (including phenoxy) is 1. The van der Waals surface area contributed by atoms with E-state index >= 15 is 0 Å². The van der Waals surface area contributed by atoms with Gasteiger partial charge in [0.2, 0.25) is 0 Å². The van der Waals surface area contributed by atoms with Gasteiger partial charge in [-0.25, -0.2) is 0 Å². The average molecular weight is 310 g/mol. The van der Waals surface area contributed by atoms with E-state index in [1.165, 1.54) is 32.4 Å². The van der Waals surface area contributed by atoms with Crippen LogP contribution < -0.4 is 0 Å². The van der Waals surface area contributed by atoms with Crippen molar-refractivity contribution < 1.29 is 14.6 Å². The Morgan fingerprint density at radius 2 is 2.05 bits per heavy atom. The van der Waals surface area contributed by atoms with Crippen LogP contribution >= 0.6 is 0 Å². The Morgan fingerprint density at radius 1 is 1.32 bits per heavy atom. The summed E-state index contributed by atoms with van der Waals surface area (Å²) in [5.41, 5.74) is -0.454. The molecule has 2 atom stereocenters. The van der Waals surface area contributed by atoms with E-state index < -0.39 is 11.4 Å². The van der Waals surface area contributed by atoms with Crippen LogP contribution in [0.5, 0.6) is 0 Å². The van der Waals surface area contributed by atoms with Gasteiger partial charge in [-0.1, -0.05) is 6.42 Å². The lowest BCUT2D eigenvalue weighted by molar-refractivity contribution is -0.157. The van der Waals surface area contributed by atoms with Crippen molar-refractivity contribution in [3.8, 4) is 0 Å². The fraction of sp³-hybridized carbons (Fsp3) is 0.941. The van der Waals surface area contributed by atoms with Crippen molar-refractivity contribution in [2.75, 3.05) is 45.9 Å². The van der Waals surface area contributed by atoms with Gasteiger partial charge in [0.1, 0.15) is 0 Å². The van der Waals surface area contributed by atoms with Crippen molar-refractivity contribution in [3.05, 3.63) is 0 Å². The number of hydrogen-bond donors (Lipinski definition) is 1. The van der Waals surface area contributed by atoms with E-state index in [1.807, 2.05) is 0 Å². The molecule has 0 spiro atoms. The Labute approximate surface area is 133 Å². The Kier molecular flexibility index (Phi) is 4.49. The second-order valence-electron chi connectivity index (χ2n) is 8.01. The first-order chi connectivity index (χ1) is 10.4.